The molecule has 1 saturated heterocycles. The third-order valence-corrected chi connectivity index (χ3v) is 5.56. The quantitative estimate of drug-likeness (QED) is 0.224. The van der Waals surface area contributed by atoms with Crippen molar-refractivity contribution in [2.24, 2.45) is 16.6 Å². The second kappa shape index (κ2) is 12.5. The third kappa shape index (κ3) is 8.06. The van der Waals surface area contributed by atoms with Gasteiger partial charge in [0.15, 0.2) is 0 Å². The summed E-state index contributed by atoms with van der Waals surface area (Å²) in [6.45, 7) is 2.88. The normalized spacial score (nSPS) is 17.9. The molecule has 196 valence electrons. The first kappa shape index (κ1) is 27.2. The largest absolute Gasteiger partial charge is 0.491 e. The maximum absolute atomic E-state index is 12.0. The average molecular weight is 512 g/mol. The van der Waals surface area contributed by atoms with Gasteiger partial charge < -0.3 is 30.0 Å². The Balaban J connectivity index is 1.53. The molecule has 3 atom stereocenters. The van der Waals surface area contributed by atoms with Gasteiger partial charge in [-0.3, -0.25) is 14.4 Å². The van der Waals surface area contributed by atoms with Crippen LogP contribution in [0.25, 0.3) is 11.1 Å². The Bertz CT molecular complexity index is 1160. The second-order valence-electron chi connectivity index (χ2n) is 8.39. The number of aliphatic imine (C=N–C) groups is 1. The first-order valence-electron chi connectivity index (χ1n) is 11.6. The van der Waals surface area contributed by atoms with Gasteiger partial charge in [-0.25, -0.2) is 4.79 Å². The Morgan fingerprint density at radius 1 is 1.05 bits per heavy atom. The van der Waals surface area contributed by atoms with E-state index in [-0.39, 0.29) is 30.8 Å². The summed E-state index contributed by atoms with van der Waals surface area (Å²) in [5.74, 6) is -0.960. The van der Waals surface area contributed by atoms with Crippen LogP contribution in [0.1, 0.15) is 32.3 Å². The van der Waals surface area contributed by atoms with Gasteiger partial charge in [0.2, 0.25) is 12.2 Å². The zero-order valence-electron chi connectivity index (χ0n) is 20.8. The molecule has 0 radical (unpaired) electrons. The minimum atomic E-state index is -1.07. The first-order chi connectivity index (χ1) is 17.6. The molecule has 37 heavy (non-hydrogen) atoms. The molecule has 2 amide bonds. The van der Waals surface area contributed by atoms with Gasteiger partial charge in [0.25, 0.3) is 0 Å². The molecule has 0 saturated carbocycles. The number of amides is 2. The van der Waals surface area contributed by atoms with Gasteiger partial charge in [-0.15, -0.1) is 0 Å². The molecule has 2 aromatic carbocycles. The van der Waals surface area contributed by atoms with E-state index in [2.05, 4.69) is 15.0 Å². The van der Waals surface area contributed by atoms with E-state index in [1.54, 1.807) is 12.1 Å². The Morgan fingerprint density at radius 2 is 1.68 bits per heavy atom. The van der Waals surface area contributed by atoms with Gasteiger partial charge in [-0.2, -0.15) is 4.99 Å². The van der Waals surface area contributed by atoms with Crippen molar-refractivity contribution < 1.29 is 38.1 Å². The maximum Gasteiger partial charge on any atom is 0.438 e. The molecule has 11 nitrogen and oxygen atoms in total. The summed E-state index contributed by atoms with van der Waals surface area (Å²) in [6, 6.07) is 14.3. The summed E-state index contributed by atoms with van der Waals surface area (Å²) in [5.41, 5.74) is 8.24. The number of esters is 2. The maximum atomic E-state index is 12.0. The Morgan fingerprint density at radius 3 is 2.27 bits per heavy atom. The van der Waals surface area contributed by atoms with Crippen LogP contribution in [-0.2, 0) is 28.6 Å². The molecule has 1 aliphatic heterocycles. The van der Waals surface area contributed by atoms with Crippen LogP contribution in [0.15, 0.2) is 53.5 Å². The molecule has 3 N–H and O–H groups in total. The summed E-state index contributed by atoms with van der Waals surface area (Å²) in [5, 5.41) is 2.84. The lowest BCUT2D eigenvalue weighted by Gasteiger charge is -2.12. The predicted molar refractivity (Wildman–Crippen MR) is 132 cm³/mol. The number of methoxy groups -OCH3 is 1. The number of carbonyl (C=O) groups excluding carboxylic acids is 4. The lowest BCUT2D eigenvalue weighted by atomic mass is 10.0. The number of rotatable bonds is 9. The van der Waals surface area contributed by atoms with E-state index in [0.29, 0.717) is 17.7 Å². The van der Waals surface area contributed by atoms with Crippen LogP contribution < -0.4 is 15.8 Å². The summed E-state index contributed by atoms with van der Waals surface area (Å²) < 4.78 is 20.0. The number of nitrogens with one attached hydrogen (secondary N) is 1. The van der Waals surface area contributed by atoms with E-state index >= 15 is 0 Å². The summed E-state index contributed by atoms with van der Waals surface area (Å²) in [6.07, 6.45) is -1.48. The third-order valence-electron chi connectivity index (χ3n) is 5.56. The fourth-order valence-corrected chi connectivity index (χ4v) is 3.76. The van der Waals surface area contributed by atoms with E-state index < -0.39 is 30.2 Å². The van der Waals surface area contributed by atoms with Crippen molar-refractivity contribution in [1.29, 1.82) is 0 Å². The number of amidine groups is 1. The number of hydrogen-bond donors (Lipinski definition) is 2. The van der Waals surface area contributed by atoms with Gasteiger partial charge in [-0.05, 0) is 29.7 Å². The minimum Gasteiger partial charge on any atom is -0.491 e. The van der Waals surface area contributed by atoms with Gasteiger partial charge in [-0.1, -0.05) is 36.4 Å². The average Bonchev–Trinajstić information content (AvgIpc) is 3.21. The summed E-state index contributed by atoms with van der Waals surface area (Å²) in [4.78, 5) is 49.8. The molecule has 11 heteroatoms. The molecule has 1 unspecified atom stereocenters. The smallest absolute Gasteiger partial charge is 0.438 e. The van der Waals surface area contributed by atoms with E-state index in [1.807, 2.05) is 36.4 Å². The topological polar surface area (TPSA) is 156 Å². The van der Waals surface area contributed by atoms with Gasteiger partial charge >= 0.3 is 18.0 Å². The number of carbonyl (C=O) groups is 4. The molecule has 0 spiro atoms. The highest BCUT2D eigenvalue weighted by molar-refractivity contribution is 6.03. The molecule has 1 aliphatic rings. The van der Waals surface area contributed by atoms with Crippen molar-refractivity contribution in [3.63, 3.8) is 0 Å². The predicted octanol–water partition coefficient (Wildman–Crippen LogP) is 2.55. The van der Waals surface area contributed by atoms with Crippen molar-refractivity contribution in [3.8, 4) is 16.9 Å². The van der Waals surface area contributed by atoms with Crippen molar-refractivity contribution in [3.05, 3.63) is 54.1 Å². The highest BCUT2D eigenvalue weighted by Gasteiger charge is 2.34. The van der Waals surface area contributed by atoms with Crippen molar-refractivity contribution >= 4 is 29.8 Å². The molecule has 0 bridgehead atoms. The van der Waals surface area contributed by atoms with E-state index in [0.717, 1.165) is 11.1 Å². The molecule has 0 aromatic heterocycles. The zero-order valence-corrected chi connectivity index (χ0v) is 20.8. The van der Waals surface area contributed by atoms with E-state index in [1.165, 1.54) is 21.0 Å². The fourth-order valence-electron chi connectivity index (χ4n) is 3.76. The number of nitrogens with two attached hydrogens (primary N) is 1. The Labute approximate surface area is 213 Å². The number of hydrogen-bond acceptors (Lipinski definition) is 8. The lowest BCUT2D eigenvalue weighted by Crippen LogP contribution is -2.31. The molecule has 1 fully saturated rings. The SMILES string of the molecule is COC(=O)C[C@@H]1C[C@@H](COc2ccc(-c3ccc(C(N)=NC(=O)OC(C)OC(C)=O)cc3)cc2)NC1=O. The highest BCUT2D eigenvalue weighted by Crippen LogP contribution is 2.24. The van der Waals surface area contributed by atoms with Crippen LogP contribution in [0.2, 0.25) is 0 Å². The fraction of sp³-hybridized carbons (Fsp3) is 0.346. The number of benzene rings is 2. The molecule has 1 heterocycles. The van der Waals surface area contributed by atoms with Crippen molar-refractivity contribution in [2.45, 2.75) is 39.0 Å². The van der Waals surface area contributed by atoms with E-state index in [4.69, 9.17) is 19.9 Å². The molecule has 2 aromatic rings. The Hall–Kier alpha value is -4.41. The highest BCUT2D eigenvalue weighted by atomic mass is 16.7. The number of nitrogens with zero attached hydrogens (tertiary/aromatic N) is 1. The van der Waals surface area contributed by atoms with Crippen molar-refractivity contribution in [2.75, 3.05) is 13.7 Å². The van der Waals surface area contributed by atoms with Crippen molar-refractivity contribution in [1.82, 2.24) is 5.32 Å². The van der Waals surface area contributed by atoms with Gasteiger partial charge in [0.05, 0.1) is 25.5 Å². The van der Waals surface area contributed by atoms with Gasteiger partial charge in [0.1, 0.15) is 18.2 Å². The lowest BCUT2D eigenvalue weighted by molar-refractivity contribution is -0.161. The van der Waals surface area contributed by atoms with Crippen LogP contribution >= 0.6 is 0 Å². The summed E-state index contributed by atoms with van der Waals surface area (Å²) >= 11 is 0. The van der Waals surface area contributed by atoms with Crippen LogP contribution in [0.5, 0.6) is 5.75 Å². The second-order valence-corrected chi connectivity index (χ2v) is 8.39. The standard InChI is InChI=1S/C26H29N3O8/c1-15(30)36-16(2)37-26(33)29-24(27)19-6-4-17(5-7-19)18-8-10-22(11-9-18)35-14-21-12-20(25(32)28-21)13-23(31)34-3/h4-11,16,20-21H,12-14H2,1-3H3,(H,28,32)(H2,27,29,33)/t16?,20-,21-/m0/s1. The minimum absolute atomic E-state index is 0.0387. The first-order valence-corrected chi connectivity index (χ1v) is 11.6. The molecular formula is C26H29N3O8. The zero-order chi connectivity index (χ0) is 26.9. The van der Waals surface area contributed by atoms with E-state index in [9.17, 15) is 19.2 Å². The molecular weight excluding hydrogens is 482 g/mol. The molecule has 3 rings (SSSR count). The van der Waals surface area contributed by atoms with Crippen LogP contribution in [0.4, 0.5) is 4.79 Å². The Kier molecular flexibility index (Phi) is 9.20. The monoisotopic (exact) mass is 511 g/mol. The van der Waals surface area contributed by atoms with Crippen LogP contribution in [0.3, 0.4) is 0 Å². The van der Waals surface area contributed by atoms with Crippen LogP contribution in [0, 0.1) is 5.92 Å². The number of ether oxygens (including phenoxy) is 4. The molecule has 0 aliphatic carbocycles. The summed E-state index contributed by atoms with van der Waals surface area (Å²) in [7, 11) is 1.30. The van der Waals surface area contributed by atoms with Gasteiger partial charge in [0, 0.05) is 19.4 Å². The van der Waals surface area contributed by atoms with Crippen LogP contribution in [-0.4, -0.2) is 55.8 Å².